The largest absolute Gasteiger partial charge is 0.445 e. The van der Waals surface area contributed by atoms with Gasteiger partial charge in [-0.25, -0.2) is 14.8 Å². The summed E-state index contributed by atoms with van der Waals surface area (Å²) >= 11 is 0. The number of piperidine rings is 1. The highest BCUT2D eigenvalue weighted by molar-refractivity contribution is 5.96. The van der Waals surface area contributed by atoms with Gasteiger partial charge in [0.1, 0.15) is 6.61 Å². The second-order valence-corrected chi connectivity index (χ2v) is 11.1. The van der Waals surface area contributed by atoms with Crippen molar-refractivity contribution >= 4 is 23.5 Å². The number of nitrogens with one attached hydrogen (secondary N) is 1. The van der Waals surface area contributed by atoms with E-state index in [2.05, 4.69) is 21.5 Å². The smallest absolute Gasteiger partial charge is 0.410 e. The minimum atomic E-state index is -0.289. The predicted octanol–water partition coefficient (Wildman–Crippen LogP) is 6.88. The van der Waals surface area contributed by atoms with Crippen LogP contribution in [0.5, 0.6) is 0 Å². The lowest BCUT2D eigenvalue weighted by Gasteiger charge is -2.31. The van der Waals surface area contributed by atoms with Crippen LogP contribution in [0, 0.1) is 24.2 Å². The van der Waals surface area contributed by atoms with Crippen molar-refractivity contribution in [2.75, 3.05) is 18.4 Å². The van der Waals surface area contributed by atoms with Gasteiger partial charge in [-0.05, 0) is 37.3 Å². The summed E-state index contributed by atoms with van der Waals surface area (Å²) in [7, 11) is 0. The number of Topliss-reactive ketones (excluding diaryl/α,β-unsaturated/α-hetero) is 1. The Morgan fingerprint density at radius 1 is 1.09 bits per heavy atom. The molecule has 2 aromatic heterocycles. The van der Waals surface area contributed by atoms with Gasteiger partial charge >= 0.3 is 6.09 Å². The fourth-order valence-electron chi connectivity index (χ4n) is 5.37. The van der Waals surface area contributed by atoms with Crippen LogP contribution >= 0.6 is 0 Å². The molecule has 0 bridgehead atoms. The van der Waals surface area contributed by atoms with Gasteiger partial charge < -0.3 is 15.0 Å². The summed E-state index contributed by atoms with van der Waals surface area (Å²) in [5, 5.41) is 17.1. The van der Waals surface area contributed by atoms with Gasteiger partial charge in [-0.2, -0.15) is 10.4 Å². The summed E-state index contributed by atoms with van der Waals surface area (Å²) in [4.78, 5) is 36.2. The molecule has 10 nitrogen and oxygen atoms in total. The number of amides is 1. The molecule has 0 unspecified atom stereocenters. The standard InChI is InChI=1S/C34H37N7O3/c1-3-7-26(19-35)18-31(42)27-10-12-28(13-11-27)32-24(2)20-36-33(39-32)38-29-21-37-41(22-29)30-14-16-40(17-15-30)34(43)44-23-25-8-5-4-6-9-25/h4-6,8-13,20-22,26,30H,3,7,14-18,23H2,1-2H3,(H,36,38,39)/t26-/m1/s1. The van der Waals surface area contributed by atoms with E-state index >= 15 is 0 Å². The van der Waals surface area contributed by atoms with E-state index in [0.717, 1.165) is 53.8 Å². The monoisotopic (exact) mass is 591 g/mol. The molecule has 226 valence electrons. The average Bonchev–Trinajstić information content (AvgIpc) is 3.53. The maximum Gasteiger partial charge on any atom is 0.410 e. The Hall–Kier alpha value is -5.04. The Balaban J connectivity index is 1.16. The Morgan fingerprint density at radius 3 is 2.55 bits per heavy atom. The van der Waals surface area contributed by atoms with Crippen molar-refractivity contribution < 1.29 is 14.3 Å². The van der Waals surface area contributed by atoms with Gasteiger partial charge in [0, 0.05) is 43.0 Å². The Kier molecular flexibility index (Phi) is 9.97. The first-order chi connectivity index (χ1) is 21.4. The summed E-state index contributed by atoms with van der Waals surface area (Å²) in [6, 6.07) is 19.4. The Labute approximate surface area is 257 Å². The van der Waals surface area contributed by atoms with E-state index in [4.69, 9.17) is 9.72 Å². The number of likely N-dealkylation sites (tertiary alicyclic amines) is 1. The lowest BCUT2D eigenvalue weighted by atomic mass is 9.95. The molecular formula is C34H37N7O3. The van der Waals surface area contributed by atoms with Gasteiger partial charge in [-0.1, -0.05) is 67.9 Å². The maximum absolute atomic E-state index is 12.7. The fourth-order valence-corrected chi connectivity index (χ4v) is 5.37. The minimum absolute atomic E-state index is 0.0241. The van der Waals surface area contributed by atoms with Crippen LogP contribution in [0.4, 0.5) is 16.4 Å². The highest BCUT2D eigenvalue weighted by Gasteiger charge is 2.25. The lowest BCUT2D eigenvalue weighted by Crippen LogP contribution is -2.39. The normalized spacial score (nSPS) is 14.1. The molecule has 1 aliphatic rings. The number of aryl methyl sites for hydroxylation is 1. The SMILES string of the molecule is CCC[C@@H](C#N)CC(=O)c1ccc(-c2nc(Nc3cnn(C4CCN(C(=O)OCc5ccccc5)CC4)c3)ncc2C)cc1. The van der Waals surface area contributed by atoms with Gasteiger partial charge in [0.25, 0.3) is 0 Å². The van der Waals surface area contributed by atoms with E-state index in [1.54, 1.807) is 29.4 Å². The number of nitriles is 1. The number of nitrogens with zero attached hydrogens (tertiary/aromatic N) is 6. The summed E-state index contributed by atoms with van der Waals surface area (Å²) in [6.45, 7) is 5.44. The third-order valence-corrected chi connectivity index (χ3v) is 7.86. The first-order valence-corrected chi connectivity index (χ1v) is 15.1. The number of rotatable bonds is 11. The molecule has 0 radical (unpaired) electrons. The van der Waals surface area contributed by atoms with Gasteiger partial charge in [0.2, 0.25) is 5.95 Å². The van der Waals surface area contributed by atoms with Crippen LogP contribution in [0.3, 0.4) is 0 Å². The van der Waals surface area contributed by atoms with Crippen molar-refractivity contribution in [3.8, 4) is 17.3 Å². The number of ether oxygens (including phenoxy) is 1. The van der Waals surface area contributed by atoms with Crippen LogP contribution in [-0.4, -0.2) is 49.6 Å². The molecule has 5 rings (SSSR count). The van der Waals surface area contributed by atoms with Crippen molar-refractivity contribution in [1.82, 2.24) is 24.6 Å². The number of ketones is 1. The average molecular weight is 592 g/mol. The number of anilines is 2. The lowest BCUT2D eigenvalue weighted by molar-refractivity contribution is 0.0821. The van der Waals surface area contributed by atoms with Gasteiger partial charge in [0.15, 0.2) is 5.78 Å². The van der Waals surface area contributed by atoms with Gasteiger partial charge in [-0.15, -0.1) is 0 Å². The molecule has 44 heavy (non-hydrogen) atoms. The van der Waals surface area contributed by atoms with E-state index in [-0.39, 0.29) is 36.9 Å². The van der Waals surface area contributed by atoms with E-state index in [0.29, 0.717) is 24.6 Å². The molecule has 1 aliphatic heterocycles. The minimum Gasteiger partial charge on any atom is -0.445 e. The van der Waals surface area contributed by atoms with Crippen LogP contribution in [0.1, 0.15) is 66.6 Å². The number of benzene rings is 2. The zero-order chi connectivity index (χ0) is 30.9. The molecule has 10 heteroatoms. The van der Waals surface area contributed by atoms with Crippen molar-refractivity contribution in [3.05, 3.63) is 89.9 Å². The third-order valence-electron chi connectivity index (χ3n) is 7.86. The number of hydrogen-bond donors (Lipinski definition) is 1. The number of carbonyl (C=O) groups excluding carboxylic acids is 2. The fraction of sp³-hybridized carbons (Fsp3) is 0.353. The number of hydrogen-bond acceptors (Lipinski definition) is 8. The van der Waals surface area contributed by atoms with Crippen LogP contribution in [0.2, 0.25) is 0 Å². The summed E-state index contributed by atoms with van der Waals surface area (Å²) in [5.74, 6) is 0.165. The third kappa shape index (κ3) is 7.67. The van der Waals surface area contributed by atoms with Gasteiger partial charge in [-0.3, -0.25) is 9.48 Å². The van der Waals surface area contributed by atoms with Crippen molar-refractivity contribution in [2.45, 2.75) is 58.6 Å². The van der Waals surface area contributed by atoms with E-state index < -0.39 is 0 Å². The molecule has 4 aromatic rings. The zero-order valence-corrected chi connectivity index (χ0v) is 25.1. The first kappa shape index (κ1) is 30.4. The van der Waals surface area contributed by atoms with E-state index in [1.165, 1.54) is 0 Å². The van der Waals surface area contributed by atoms with E-state index in [9.17, 15) is 14.9 Å². The van der Waals surface area contributed by atoms with Crippen molar-refractivity contribution in [3.63, 3.8) is 0 Å². The van der Waals surface area contributed by atoms with Gasteiger partial charge in [0.05, 0.1) is 35.6 Å². The number of aromatic nitrogens is 4. The summed E-state index contributed by atoms with van der Waals surface area (Å²) in [5.41, 5.74) is 4.88. The van der Waals surface area contributed by atoms with Crippen LogP contribution in [0.15, 0.2) is 73.2 Å². The second-order valence-electron chi connectivity index (χ2n) is 11.1. The maximum atomic E-state index is 12.7. The molecular weight excluding hydrogens is 554 g/mol. The molecule has 0 spiro atoms. The Bertz CT molecular complexity index is 1600. The molecule has 1 N–H and O–H groups in total. The highest BCUT2D eigenvalue weighted by atomic mass is 16.6. The van der Waals surface area contributed by atoms with Crippen molar-refractivity contribution in [2.24, 2.45) is 5.92 Å². The molecule has 0 saturated carbocycles. The first-order valence-electron chi connectivity index (χ1n) is 15.1. The predicted molar refractivity (Wildman–Crippen MR) is 167 cm³/mol. The van der Waals surface area contributed by atoms with E-state index in [1.807, 2.05) is 67.2 Å². The summed E-state index contributed by atoms with van der Waals surface area (Å²) in [6.07, 6.45) is 8.55. The Morgan fingerprint density at radius 2 is 1.84 bits per heavy atom. The molecule has 1 fully saturated rings. The molecule has 2 aromatic carbocycles. The molecule has 3 heterocycles. The molecule has 0 aliphatic carbocycles. The second kappa shape index (κ2) is 14.4. The van der Waals surface area contributed by atoms with Crippen LogP contribution in [-0.2, 0) is 11.3 Å². The molecule has 1 amide bonds. The zero-order valence-electron chi connectivity index (χ0n) is 25.1. The topological polar surface area (TPSA) is 126 Å². The van der Waals surface area contributed by atoms with Crippen LogP contribution < -0.4 is 5.32 Å². The quantitative estimate of drug-likeness (QED) is 0.187. The number of carbonyl (C=O) groups is 2. The summed E-state index contributed by atoms with van der Waals surface area (Å²) < 4.78 is 7.41. The van der Waals surface area contributed by atoms with Crippen LogP contribution in [0.25, 0.3) is 11.3 Å². The molecule has 1 saturated heterocycles. The highest BCUT2D eigenvalue weighted by Crippen LogP contribution is 2.27. The molecule has 1 atom stereocenters. The van der Waals surface area contributed by atoms with Crippen molar-refractivity contribution in [1.29, 1.82) is 5.26 Å².